The lowest BCUT2D eigenvalue weighted by Crippen LogP contribution is -2.46. The Morgan fingerprint density at radius 2 is 1.81 bits per heavy atom. The fourth-order valence-electron chi connectivity index (χ4n) is 3.35. The summed E-state index contributed by atoms with van der Waals surface area (Å²) in [7, 11) is 3.35. The van der Waals surface area contributed by atoms with E-state index in [1.807, 2.05) is 18.2 Å². The highest BCUT2D eigenvalue weighted by atomic mass is 32.1. The monoisotopic (exact) mass is 375 g/mol. The van der Waals surface area contributed by atoms with Gasteiger partial charge in [0.25, 0.3) is 0 Å². The predicted octanol–water partition coefficient (Wildman–Crippen LogP) is 3.60. The van der Waals surface area contributed by atoms with Crippen molar-refractivity contribution in [2.75, 3.05) is 46.9 Å². The molecule has 2 heterocycles. The van der Waals surface area contributed by atoms with Crippen molar-refractivity contribution in [2.45, 2.75) is 20.4 Å². The third kappa shape index (κ3) is 4.75. The number of piperazine rings is 1. The highest BCUT2D eigenvalue weighted by Gasteiger charge is 2.19. The molecule has 3 rings (SSSR count). The van der Waals surface area contributed by atoms with Gasteiger partial charge in [-0.05, 0) is 18.1 Å². The van der Waals surface area contributed by atoms with Crippen LogP contribution in [0.1, 0.15) is 19.5 Å². The molecule has 0 amide bonds. The van der Waals surface area contributed by atoms with Gasteiger partial charge in [0.05, 0.1) is 25.5 Å². The first-order valence-electron chi connectivity index (χ1n) is 9.20. The lowest BCUT2D eigenvalue weighted by Gasteiger charge is -2.35. The molecule has 0 atom stereocenters. The zero-order valence-corrected chi connectivity index (χ0v) is 17.0. The van der Waals surface area contributed by atoms with Crippen molar-refractivity contribution < 1.29 is 9.47 Å². The van der Waals surface area contributed by atoms with Crippen molar-refractivity contribution in [1.82, 2.24) is 14.8 Å². The Kier molecular flexibility index (Phi) is 6.51. The van der Waals surface area contributed by atoms with Crippen molar-refractivity contribution in [3.8, 4) is 22.1 Å². The van der Waals surface area contributed by atoms with Crippen LogP contribution in [0.3, 0.4) is 0 Å². The quantitative estimate of drug-likeness (QED) is 0.739. The predicted molar refractivity (Wildman–Crippen MR) is 107 cm³/mol. The maximum atomic E-state index is 5.52. The summed E-state index contributed by atoms with van der Waals surface area (Å²) in [6, 6.07) is 5.88. The Hall–Kier alpha value is -1.63. The zero-order valence-electron chi connectivity index (χ0n) is 16.2. The normalized spacial score (nSPS) is 16.2. The molecule has 6 heteroatoms. The van der Waals surface area contributed by atoms with Gasteiger partial charge in [-0.3, -0.25) is 4.90 Å². The molecule has 1 saturated heterocycles. The number of benzene rings is 1. The van der Waals surface area contributed by atoms with Crippen LogP contribution in [0, 0.1) is 5.92 Å². The van der Waals surface area contributed by atoms with E-state index in [0.717, 1.165) is 66.4 Å². The minimum absolute atomic E-state index is 0.738. The molecule has 26 heavy (non-hydrogen) atoms. The van der Waals surface area contributed by atoms with Crippen molar-refractivity contribution >= 4 is 11.3 Å². The third-order valence-electron chi connectivity index (χ3n) is 4.66. The number of nitrogens with zero attached hydrogens (tertiary/aromatic N) is 3. The van der Waals surface area contributed by atoms with Gasteiger partial charge >= 0.3 is 0 Å². The second-order valence-electron chi connectivity index (χ2n) is 7.18. The van der Waals surface area contributed by atoms with Crippen LogP contribution in [0.25, 0.3) is 10.6 Å². The Morgan fingerprint density at radius 3 is 2.46 bits per heavy atom. The van der Waals surface area contributed by atoms with Gasteiger partial charge in [-0.15, -0.1) is 11.3 Å². The second kappa shape index (κ2) is 8.84. The average Bonchev–Trinajstić information content (AvgIpc) is 3.10. The Balaban J connectivity index is 1.62. The van der Waals surface area contributed by atoms with Crippen LogP contribution in [0.5, 0.6) is 11.5 Å². The summed E-state index contributed by atoms with van der Waals surface area (Å²) in [6.07, 6.45) is 0. The van der Waals surface area contributed by atoms with E-state index in [2.05, 4.69) is 29.0 Å². The lowest BCUT2D eigenvalue weighted by molar-refractivity contribution is 0.116. The van der Waals surface area contributed by atoms with Crippen molar-refractivity contribution in [2.24, 2.45) is 5.92 Å². The van der Waals surface area contributed by atoms with Gasteiger partial charge < -0.3 is 14.4 Å². The molecule has 1 aliphatic heterocycles. The Morgan fingerprint density at radius 1 is 1.08 bits per heavy atom. The molecule has 0 bridgehead atoms. The van der Waals surface area contributed by atoms with Gasteiger partial charge in [0, 0.05) is 50.7 Å². The fraction of sp³-hybridized carbons (Fsp3) is 0.550. The number of aromatic nitrogens is 1. The number of methoxy groups -OCH3 is 2. The number of ether oxygens (including phenoxy) is 2. The Bertz CT molecular complexity index is 709. The summed E-state index contributed by atoms with van der Waals surface area (Å²) < 4.78 is 10.8. The fourth-order valence-corrected chi connectivity index (χ4v) is 4.19. The summed E-state index contributed by atoms with van der Waals surface area (Å²) in [5, 5.41) is 3.16. The second-order valence-corrected chi connectivity index (χ2v) is 8.04. The van der Waals surface area contributed by atoms with Gasteiger partial charge in [-0.2, -0.15) is 0 Å². The highest BCUT2D eigenvalue weighted by Crippen LogP contribution is 2.35. The standard InChI is InChI=1S/C20H29N3O2S/c1-15(2)12-22-7-9-23(10-8-22)13-16-14-26-20(21-16)18-6-5-17(24-3)11-19(18)25-4/h5-6,11,14-15H,7-10,12-13H2,1-4H3. The first-order valence-corrected chi connectivity index (χ1v) is 10.1. The molecule has 142 valence electrons. The van der Waals surface area contributed by atoms with E-state index in [0.29, 0.717) is 0 Å². The average molecular weight is 376 g/mol. The summed E-state index contributed by atoms with van der Waals surface area (Å²) >= 11 is 1.67. The van der Waals surface area contributed by atoms with E-state index in [4.69, 9.17) is 14.5 Å². The highest BCUT2D eigenvalue weighted by molar-refractivity contribution is 7.13. The molecule has 0 unspecified atom stereocenters. The smallest absolute Gasteiger partial charge is 0.132 e. The zero-order chi connectivity index (χ0) is 18.5. The van der Waals surface area contributed by atoms with Crippen LogP contribution in [-0.2, 0) is 6.54 Å². The molecule has 5 nitrogen and oxygen atoms in total. The third-order valence-corrected chi connectivity index (χ3v) is 5.59. The van der Waals surface area contributed by atoms with E-state index < -0.39 is 0 Å². The van der Waals surface area contributed by atoms with Gasteiger partial charge in [-0.1, -0.05) is 13.8 Å². The molecule has 2 aromatic rings. The van der Waals surface area contributed by atoms with Crippen LogP contribution < -0.4 is 9.47 Å². The summed E-state index contributed by atoms with van der Waals surface area (Å²) in [6.45, 7) is 11.2. The van der Waals surface area contributed by atoms with Gasteiger partial charge in [0.2, 0.25) is 0 Å². The van der Waals surface area contributed by atoms with Crippen molar-refractivity contribution in [3.63, 3.8) is 0 Å². The molecule has 1 aromatic heterocycles. The van der Waals surface area contributed by atoms with E-state index in [1.54, 1.807) is 25.6 Å². The molecule has 0 radical (unpaired) electrons. The minimum Gasteiger partial charge on any atom is -0.497 e. The molecule has 1 aromatic carbocycles. The number of hydrogen-bond acceptors (Lipinski definition) is 6. The van der Waals surface area contributed by atoms with Gasteiger partial charge in [0.15, 0.2) is 0 Å². The minimum atomic E-state index is 0.738. The van der Waals surface area contributed by atoms with E-state index >= 15 is 0 Å². The summed E-state index contributed by atoms with van der Waals surface area (Å²) in [4.78, 5) is 9.91. The largest absolute Gasteiger partial charge is 0.497 e. The molecule has 0 aliphatic carbocycles. The topological polar surface area (TPSA) is 37.8 Å². The van der Waals surface area contributed by atoms with Crippen molar-refractivity contribution in [3.05, 3.63) is 29.3 Å². The number of hydrogen-bond donors (Lipinski definition) is 0. The molecular weight excluding hydrogens is 346 g/mol. The van der Waals surface area contributed by atoms with Gasteiger partial charge in [-0.25, -0.2) is 4.98 Å². The van der Waals surface area contributed by atoms with E-state index in [1.165, 1.54) is 6.54 Å². The maximum absolute atomic E-state index is 5.52. The molecule has 0 saturated carbocycles. The van der Waals surface area contributed by atoms with Crippen LogP contribution in [0.4, 0.5) is 0 Å². The molecule has 0 N–H and O–H groups in total. The molecule has 1 fully saturated rings. The van der Waals surface area contributed by atoms with E-state index in [9.17, 15) is 0 Å². The van der Waals surface area contributed by atoms with Crippen molar-refractivity contribution in [1.29, 1.82) is 0 Å². The number of thiazole rings is 1. The van der Waals surface area contributed by atoms with Gasteiger partial charge in [0.1, 0.15) is 16.5 Å². The Labute approximate surface area is 160 Å². The summed E-state index contributed by atoms with van der Waals surface area (Å²) in [5.41, 5.74) is 2.16. The number of rotatable bonds is 7. The lowest BCUT2D eigenvalue weighted by atomic mass is 10.2. The molecule has 0 spiro atoms. The first kappa shape index (κ1) is 19.1. The summed E-state index contributed by atoms with van der Waals surface area (Å²) in [5.74, 6) is 2.33. The van der Waals surface area contributed by atoms with E-state index in [-0.39, 0.29) is 0 Å². The maximum Gasteiger partial charge on any atom is 0.132 e. The molecular formula is C20H29N3O2S. The van der Waals surface area contributed by atoms with Crippen LogP contribution >= 0.6 is 11.3 Å². The van der Waals surface area contributed by atoms with Crippen LogP contribution in [0.2, 0.25) is 0 Å². The SMILES string of the molecule is COc1ccc(-c2nc(CN3CCN(CC(C)C)CC3)cs2)c(OC)c1. The van der Waals surface area contributed by atoms with Crippen LogP contribution in [0.15, 0.2) is 23.6 Å². The van der Waals surface area contributed by atoms with Crippen LogP contribution in [-0.4, -0.2) is 61.7 Å². The first-order chi connectivity index (χ1) is 12.6. The molecule has 1 aliphatic rings.